The van der Waals surface area contributed by atoms with E-state index in [1.807, 2.05) is 6.92 Å². The van der Waals surface area contributed by atoms with Gasteiger partial charge >= 0.3 is 6.18 Å². The quantitative estimate of drug-likeness (QED) is 0.714. The minimum absolute atomic E-state index is 0.0303. The Labute approximate surface area is 83.3 Å². The Morgan fingerprint density at radius 3 is 2.21 bits per heavy atom. The van der Waals surface area contributed by atoms with E-state index in [1.54, 1.807) is 6.92 Å². The smallest absolute Gasteiger partial charge is 0.389 e. The van der Waals surface area contributed by atoms with E-state index < -0.39 is 18.7 Å². The van der Waals surface area contributed by atoms with Crippen molar-refractivity contribution in [2.75, 3.05) is 0 Å². The van der Waals surface area contributed by atoms with Gasteiger partial charge in [-0.25, -0.2) is 0 Å². The van der Waals surface area contributed by atoms with Crippen LogP contribution in [-0.4, -0.2) is 17.4 Å². The Morgan fingerprint density at radius 1 is 1.21 bits per heavy atom. The number of hydrogen-bond acceptors (Lipinski definition) is 1. The van der Waals surface area contributed by atoms with Crippen LogP contribution >= 0.6 is 0 Å². The van der Waals surface area contributed by atoms with Crippen LogP contribution in [0.3, 0.4) is 0 Å². The van der Waals surface area contributed by atoms with Crippen molar-refractivity contribution in [3.05, 3.63) is 0 Å². The molecule has 0 heterocycles. The molecule has 0 aliphatic rings. The maximum Gasteiger partial charge on any atom is 0.389 e. The van der Waals surface area contributed by atoms with Gasteiger partial charge in [0.2, 0.25) is 0 Å². The fraction of sp³-hybridized carbons (Fsp3) is 1.00. The lowest BCUT2D eigenvalue weighted by Crippen LogP contribution is -2.18. The van der Waals surface area contributed by atoms with Gasteiger partial charge in [0.1, 0.15) is 0 Å². The predicted molar refractivity (Wildman–Crippen MR) is 50.0 cm³/mol. The largest absolute Gasteiger partial charge is 0.393 e. The standard InChI is InChI=1S/C10H19F3O/c1-3-5-9(14)8(2)6-4-7-10(11,12)13/h8-9,14H,3-7H2,1-2H3. The third kappa shape index (κ3) is 7.18. The first-order valence-corrected chi connectivity index (χ1v) is 5.11. The van der Waals surface area contributed by atoms with Crippen molar-refractivity contribution in [3.63, 3.8) is 0 Å². The van der Waals surface area contributed by atoms with Crippen molar-refractivity contribution in [3.8, 4) is 0 Å². The van der Waals surface area contributed by atoms with Crippen LogP contribution in [-0.2, 0) is 0 Å². The van der Waals surface area contributed by atoms with Crippen LogP contribution in [0.4, 0.5) is 13.2 Å². The van der Waals surface area contributed by atoms with Gasteiger partial charge in [0.05, 0.1) is 6.10 Å². The number of aliphatic hydroxyl groups excluding tert-OH is 1. The zero-order valence-corrected chi connectivity index (χ0v) is 8.77. The molecule has 0 aromatic heterocycles. The van der Waals surface area contributed by atoms with E-state index in [2.05, 4.69) is 0 Å². The normalized spacial score (nSPS) is 16.7. The highest BCUT2D eigenvalue weighted by molar-refractivity contribution is 4.65. The molecule has 86 valence electrons. The fourth-order valence-electron chi connectivity index (χ4n) is 1.40. The highest BCUT2D eigenvalue weighted by Crippen LogP contribution is 2.25. The molecule has 0 spiro atoms. The van der Waals surface area contributed by atoms with Crippen LogP contribution in [0.15, 0.2) is 0 Å². The van der Waals surface area contributed by atoms with Gasteiger partial charge in [-0.2, -0.15) is 13.2 Å². The molecule has 0 aliphatic carbocycles. The van der Waals surface area contributed by atoms with Crippen molar-refractivity contribution in [1.29, 1.82) is 0 Å². The maximum absolute atomic E-state index is 11.8. The fourth-order valence-corrected chi connectivity index (χ4v) is 1.40. The summed E-state index contributed by atoms with van der Waals surface area (Å²) in [5.41, 5.74) is 0. The average molecular weight is 212 g/mol. The highest BCUT2D eigenvalue weighted by Gasteiger charge is 2.26. The minimum Gasteiger partial charge on any atom is -0.393 e. The lowest BCUT2D eigenvalue weighted by atomic mass is 9.95. The lowest BCUT2D eigenvalue weighted by molar-refractivity contribution is -0.136. The van der Waals surface area contributed by atoms with Gasteiger partial charge in [0.25, 0.3) is 0 Å². The SMILES string of the molecule is CCCC(O)C(C)CCCC(F)(F)F. The summed E-state index contributed by atoms with van der Waals surface area (Å²) in [6.07, 6.45) is -3.15. The van der Waals surface area contributed by atoms with Gasteiger partial charge in [0.15, 0.2) is 0 Å². The second-order valence-electron chi connectivity index (χ2n) is 3.84. The van der Waals surface area contributed by atoms with Gasteiger partial charge in [-0.3, -0.25) is 0 Å². The molecule has 0 aliphatic heterocycles. The van der Waals surface area contributed by atoms with Crippen molar-refractivity contribution < 1.29 is 18.3 Å². The molecular weight excluding hydrogens is 193 g/mol. The summed E-state index contributed by atoms with van der Waals surface area (Å²) in [6, 6.07) is 0. The Hall–Kier alpha value is -0.250. The molecule has 1 nitrogen and oxygen atoms in total. The molecule has 0 rings (SSSR count). The molecule has 0 amide bonds. The third-order valence-electron chi connectivity index (χ3n) is 2.36. The van der Waals surface area contributed by atoms with E-state index in [4.69, 9.17) is 0 Å². The molecule has 0 radical (unpaired) electrons. The topological polar surface area (TPSA) is 20.2 Å². The molecule has 0 saturated carbocycles. The molecular formula is C10H19F3O. The summed E-state index contributed by atoms with van der Waals surface area (Å²) in [5, 5.41) is 9.47. The number of alkyl halides is 3. The first-order chi connectivity index (χ1) is 6.37. The van der Waals surface area contributed by atoms with E-state index in [9.17, 15) is 18.3 Å². The minimum atomic E-state index is -4.06. The van der Waals surface area contributed by atoms with Crippen molar-refractivity contribution in [1.82, 2.24) is 0 Å². The van der Waals surface area contributed by atoms with E-state index >= 15 is 0 Å². The average Bonchev–Trinajstić information content (AvgIpc) is 2.02. The maximum atomic E-state index is 11.8. The molecule has 14 heavy (non-hydrogen) atoms. The molecule has 0 aromatic carbocycles. The van der Waals surface area contributed by atoms with Crippen LogP contribution in [0.1, 0.15) is 46.0 Å². The second kappa shape index (κ2) is 6.27. The monoisotopic (exact) mass is 212 g/mol. The third-order valence-corrected chi connectivity index (χ3v) is 2.36. The van der Waals surface area contributed by atoms with E-state index in [0.717, 1.165) is 6.42 Å². The lowest BCUT2D eigenvalue weighted by Gasteiger charge is -2.18. The van der Waals surface area contributed by atoms with Crippen molar-refractivity contribution in [2.45, 2.75) is 58.2 Å². The number of halogens is 3. The highest BCUT2D eigenvalue weighted by atomic mass is 19.4. The number of hydrogen-bond donors (Lipinski definition) is 1. The summed E-state index contributed by atoms with van der Waals surface area (Å²) in [7, 11) is 0. The first-order valence-electron chi connectivity index (χ1n) is 5.11. The van der Waals surface area contributed by atoms with E-state index in [1.165, 1.54) is 0 Å². The van der Waals surface area contributed by atoms with Crippen LogP contribution < -0.4 is 0 Å². The molecule has 0 fully saturated rings. The zero-order valence-electron chi connectivity index (χ0n) is 8.77. The molecule has 1 N–H and O–H groups in total. The van der Waals surface area contributed by atoms with Crippen molar-refractivity contribution >= 4 is 0 Å². The molecule has 2 atom stereocenters. The number of rotatable bonds is 6. The summed E-state index contributed by atoms with van der Waals surface area (Å²) >= 11 is 0. The van der Waals surface area contributed by atoms with Gasteiger partial charge in [-0.05, 0) is 25.2 Å². The van der Waals surface area contributed by atoms with Crippen LogP contribution in [0.2, 0.25) is 0 Å². The Bertz CT molecular complexity index is 145. The van der Waals surface area contributed by atoms with E-state index in [-0.39, 0.29) is 12.3 Å². The Balaban J connectivity index is 3.58. The predicted octanol–water partition coefficient (Wildman–Crippen LogP) is 3.52. The molecule has 2 unspecified atom stereocenters. The first kappa shape index (κ1) is 13.8. The van der Waals surface area contributed by atoms with E-state index in [0.29, 0.717) is 12.8 Å². The molecule has 0 bridgehead atoms. The number of aliphatic hydroxyl groups is 1. The van der Waals surface area contributed by atoms with Crippen LogP contribution in [0, 0.1) is 5.92 Å². The van der Waals surface area contributed by atoms with Gasteiger partial charge < -0.3 is 5.11 Å². The summed E-state index contributed by atoms with van der Waals surface area (Å²) in [5.74, 6) is -0.0303. The summed E-state index contributed by atoms with van der Waals surface area (Å²) in [4.78, 5) is 0. The second-order valence-corrected chi connectivity index (χ2v) is 3.84. The van der Waals surface area contributed by atoms with Gasteiger partial charge in [0, 0.05) is 6.42 Å². The molecule has 0 aromatic rings. The van der Waals surface area contributed by atoms with Gasteiger partial charge in [-0.1, -0.05) is 20.3 Å². The van der Waals surface area contributed by atoms with Crippen LogP contribution in [0.5, 0.6) is 0 Å². The van der Waals surface area contributed by atoms with Crippen molar-refractivity contribution in [2.24, 2.45) is 5.92 Å². The Kier molecular flexibility index (Phi) is 6.16. The van der Waals surface area contributed by atoms with Gasteiger partial charge in [-0.15, -0.1) is 0 Å². The Morgan fingerprint density at radius 2 is 1.79 bits per heavy atom. The summed E-state index contributed by atoms with van der Waals surface area (Å²) in [6.45, 7) is 3.75. The molecule has 4 heteroatoms. The zero-order chi connectivity index (χ0) is 11.2. The molecule has 0 saturated heterocycles. The summed E-state index contributed by atoms with van der Waals surface area (Å²) < 4.78 is 35.4. The van der Waals surface area contributed by atoms with Crippen LogP contribution in [0.25, 0.3) is 0 Å².